The summed E-state index contributed by atoms with van der Waals surface area (Å²) in [6, 6.07) is 3.64. The molecule has 0 aromatic carbocycles. The second-order valence-corrected chi connectivity index (χ2v) is 3.66. The highest BCUT2D eigenvalue weighted by molar-refractivity contribution is 5.55. The van der Waals surface area contributed by atoms with Gasteiger partial charge in [0.15, 0.2) is 5.82 Å². The molecule has 0 bridgehead atoms. The fourth-order valence-electron chi connectivity index (χ4n) is 1.33. The van der Waals surface area contributed by atoms with Gasteiger partial charge in [0.2, 0.25) is 0 Å². The Morgan fingerprint density at radius 3 is 2.71 bits per heavy atom. The van der Waals surface area contributed by atoms with Crippen LogP contribution in [-0.4, -0.2) is 21.7 Å². The molecule has 0 aliphatic carbocycles. The number of aromatic nitrogens is 3. The van der Waals surface area contributed by atoms with Gasteiger partial charge in [-0.1, -0.05) is 12.1 Å². The molecule has 6 heteroatoms. The maximum atomic E-state index is 4.96. The Labute approximate surface area is 99.5 Å². The fraction of sp³-hybridized carbons (Fsp3) is 0.364. The van der Waals surface area contributed by atoms with Gasteiger partial charge < -0.3 is 15.2 Å². The Morgan fingerprint density at radius 1 is 1.18 bits per heavy atom. The summed E-state index contributed by atoms with van der Waals surface area (Å²) in [4.78, 5) is 8.23. The molecule has 2 N–H and O–H groups in total. The Morgan fingerprint density at radius 2 is 2.00 bits per heavy atom. The Kier molecular flexibility index (Phi) is 3.54. The van der Waals surface area contributed by atoms with Crippen molar-refractivity contribution in [2.45, 2.75) is 20.3 Å². The van der Waals surface area contributed by atoms with Crippen molar-refractivity contribution in [3.63, 3.8) is 0 Å². The molecule has 17 heavy (non-hydrogen) atoms. The minimum atomic E-state index is 0.641. The van der Waals surface area contributed by atoms with E-state index < -0.39 is 0 Å². The minimum Gasteiger partial charge on any atom is -0.370 e. The van der Waals surface area contributed by atoms with Crippen molar-refractivity contribution in [3.05, 3.63) is 24.2 Å². The molecule has 0 saturated heterocycles. The molecular formula is C11H15N5O. The summed E-state index contributed by atoms with van der Waals surface area (Å²) in [6.07, 6.45) is 2.56. The maximum Gasteiger partial charge on any atom is 0.175 e. The highest BCUT2D eigenvalue weighted by Gasteiger charge is 2.02. The molecule has 90 valence electrons. The first kappa shape index (κ1) is 11.4. The largest absolute Gasteiger partial charge is 0.370 e. The average Bonchev–Trinajstić information content (AvgIpc) is 2.73. The lowest BCUT2D eigenvalue weighted by molar-refractivity contribution is 0.400. The third-order valence-corrected chi connectivity index (χ3v) is 2.11. The van der Waals surface area contributed by atoms with Crippen LogP contribution >= 0.6 is 0 Å². The van der Waals surface area contributed by atoms with Crippen LogP contribution in [-0.2, 0) is 0 Å². The van der Waals surface area contributed by atoms with Crippen molar-refractivity contribution < 1.29 is 4.52 Å². The average molecular weight is 233 g/mol. The van der Waals surface area contributed by atoms with E-state index in [-0.39, 0.29) is 0 Å². The molecule has 2 heterocycles. The molecule has 0 fully saturated rings. The van der Waals surface area contributed by atoms with Crippen LogP contribution in [0.2, 0.25) is 0 Å². The van der Waals surface area contributed by atoms with Crippen molar-refractivity contribution in [2.24, 2.45) is 0 Å². The van der Waals surface area contributed by atoms with Crippen LogP contribution in [0.4, 0.5) is 17.5 Å². The molecule has 0 radical (unpaired) electrons. The summed E-state index contributed by atoms with van der Waals surface area (Å²) in [7, 11) is 0. The number of nitrogens with zero attached hydrogens (tertiary/aromatic N) is 3. The van der Waals surface area contributed by atoms with Crippen LogP contribution in [0.3, 0.4) is 0 Å². The van der Waals surface area contributed by atoms with E-state index in [2.05, 4.69) is 32.7 Å². The Bertz CT molecular complexity index is 482. The van der Waals surface area contributed by atoms with E-state index in [4.69, 9.17) is 4.52 Å². The highest BCUT2D eigenvalue weighted by atomic mass is 16.5. The maximum absolute atomic E-state index is 4.96. The molecule has 2 aromatic rings. The Balaban J connectivity index is 2.05. The smallest absolute Gasteiger partial charge is 0.175 e. The zero-order chi connectivity index (χ0) is 12.1. The topological polar surface area (TPSA) is 75.9 Å². The van der Waals surface area contributed by atoms with Gasteiger partial charge in [-0.3, -0.25) is 0 Å². The number of aryl methyl sites for hydroxylation is 1. The van der Waals surface area contributed by atoms with Gasteiger partial charge >= 0.3 is 0 Å². The zero-order valence-electron chi connectivity index (χ0n) is 9.90. The van der Waals surface area contributed by atoms with Gasteiger partial charge in [0.1, 0.15) is 23.7 Å². The van der Waals surface area contributed by atoms with Gasteiger partial charge in [-0.2, -0.15) is 0 Å². The third kappa shape index (κ3) is 3.17. The molecule has 0 atom stereocenters. The molecule has 0 unspecified atom stereocenters. The van der Waals surface area contributed by atoms with Crippen LogP contribution in [0.15, 0.2) is 23.0 Å². The van der Waals surface area contributed by atoms with E-state index in [0.717, 1.165) is 24.5 Å². The predicted octanol–water partition coefficient (Wildman–Crippen LogP) is 2.34. The molecule has 2 rings (SSSR count). The van der Waals surface area contributed by atoms with Crippen LogP contribution in [0.5, 0.6) is 0 Å². The van der Waals surface area contributed by atoms with Crippen LogP contribution in [0, 0.1) is 6.92 Å². The lowest BCUT2D eigenvalue weighted by atomic mass is 10.4. The van der Waals surface area contributed by atoms with Gasteiger partial charge in [0.05, 0.1) is 0 Å². The predicted molar refractivity (Wildman–Crippen MR) is 65.3 cm³/mol. The lowest BCUT2D eigenvalue weighted by Gasteiger charge is -2.05. The first-order chi connectivity index (χ1) is 8.28. The number of nitrogens with one attached hydrogen (secondary N) is 2. The van der Waals surface area contributed by atoms with Gasteiger partial charge in [-0.15, -0.1) is 0 Å². The van der Waals surface area contributed by atoms with Gasteiger partial charge in [-0.25, -0.2) is 9.97 Å². The quantitative estimate of drug-likeness (QED) is 0.825. The fourth-order valence-corrected chi connectivity index (χ4v) is 1.33. The summed E-state index contributed by atoms with van der Waals surface area (Å²) in [6.45, 7) is 4.83. The monoisotopic (exact) mass is 233 g/mol. The standard InChI is InChI=1S/C11H15N5O/c1-3-4-12-9-6-10(14-7-13-9)15-11-5-8(2)17-16-11/h5-7H,3-4H2,1-2H3,(H2,12,13,14,15,16). The summed E-state index contributed by atoms with van der Waals surface area (Å²) in [5.74, 6) is 2.88. The molecule has 0 aliphatic heterocycles. The van der Waals surface area contributed by atoms with Crippen molar-refractivity contribution in [2.75, 3.05) is 17.2 Å². The van der Waals surface area contributed by atoms with E-state index >= 15 is 0 Å². The number of hydrogen-bond donors (Lipinski definition) is 2. The third-order valence-electron chi connectivity index (χ3n) is 2.11. The van der Waals surface area contributed by atoms with E-state index in [1.54, 1.807) is 6.07 Å². The Hall–Kier alpha value is -2.11. The second-order valence-electron chi connectivity index (χ2n) is 3.66. The SMILES string of the molecule is CCCNc1cc(Nc2cc(C)on2)ncn1. The normalized spacial score (nSPS) is 10.2. The molecule has 0 saturated carbocycles. The molecule has 0 amide bonds. The second kappa shape index (κ2) is 5.29. The lowest BCUT2D eigenvalue weighted by Crippen LogP contribution is -2.03. The first-order valence-corrected chi connectivity index (χ1v) is 5.54. The van der Waals surface area contributed by atoms with Gasteiger partial charge in [0, 0.05) is 18.7 Å². The van der Waals surface area contributed by atoms with Crippen molar-refractivity contribution >= 4 is 17.5 Å². The number of hydrogen-bond acceptors (Lipinski definition) is 6. The van der Waals surface area contributed by atoms with E-state index in [1.165, 1.54) is 6.33 Å². The van der Waals surface area contributed by atoms with E-state index in [1.807, 2.05) is 13.0 Å². The minimum absolute atomic E-state index is 0.641. The molecule has 6 nitrogen and oxygen atoms in total. The van der Waals surface area contributed by atoms with Crippen molar-refractivity contribution in [1.82, 2.24) is 15.1 Å². The summed E-state index contributed by atoms with van der Waals surface area (Å²) in [5.41, 5.74) is 0. The van der Waals surface area contributed by atoms with E-state index in [0.29, 0.717) is 11.6 Å². The molecule has 0 aliphatic rings. The summed E-state index contributed by atoms with van der Waals surface area (Å²) < 4.78 is 4.96. The molecule has 0 spiro atoms. The molecular weight excluding hydrogens is 218 g/mol. The zero-order valence-corrected chi connectivity index (χ0v) is 9.90. The van der Waals surface area contributed by atoms with Crippen molar-refractivity contribution in [3.8, 4) is 0 Å². The molecule has 2 aromatic heterocycles. The van der Waals surface area contributed by atoms with Crippen LogP contribution in [0.1, 0.15) is 19.1 Å². The van der Waals surface area contributed by atoms with Crippen LogP contribution in [0.25, 0.3) is 0 Å². The van der Waals surface area contributed by atoms with E-state index in [9.17, 15) is 0 Å². The van der Waals surface area contributed by atoms with Crippen molar-refractivity contribution in [1.29, 1.82) is 0 Å². The van der Waals surface area contributed by atoms with Crippen LogP contribution < -0.4 is 10.6 Å². The van der Waals surface area contributed by atoms with Gasteiger partial charge in [0.25, 0.3) is 0 Å². The highest BCUT2D eigenvalue weighted by Crippen LogP contribution is 2.15. The number of anilines is 3. The first-order valence-electron chi connectivity index (χ1n) is 5.54. The summed E-state index contributed by atoms with van der Waals surface area (Å²) in [5, 5.41) is 10.1. The summed E-state index contributed by atoms with van der Waals surface area (Å²) >= 11 is 0. The van der Waals surface area contributed by atoms with Gasteiger partial charge in [-0.05, 0) is 13.3 Å². The number of rotatable bonds is 5.